The van der Waals surface area contributed by atoms with E-state index in [2.05, 4.69) is 27.7 Å². The van der Waals surface area contributed by atoms with Crippen molar-refractivity contribution in [3.8, 4) is 0 Å². The Kier molecular flexibility index (Phi) is 5.67. The Balaban J connectivity index is 1.66. The molecule has 0 amide bonds. The maximum absolute atomic E-state index is 6.03. The molecule has 2 aliphatic rings. The highest BCUT2D eigenvalue weighted by Crippen LogP contribution is 2.27. The normalized spacial score (nSPS) is 28.7. The lowest BCUT2D eigenvalue weighted by Crippen LogP contribution is -2.23. The molecule has 3 nitrogen and oxygen atoms in total. The molecule has 19 heavy (non-hydrogen) atoms. The van der Waals surface area contributed by atoms with Crippen LogP contribution in [-0.2, 0) is 14.2 Å². The summed E-state index contributed by atoms with van der Waals surface area (Å²) in [7, 11) is 0. The van der Waals surface area contributed by atoms with Crippen LogP contribution in [0.15, 0.2) is 0 Å². The molecule has 4 atom stereocenters. The van der Waals surface area contributed by atoms with E-state index in [4.69, 9.17) is 14.2 Å². The molecule has 0 aromatic carbocycles. The molecule has 0 saturated carbocycles. The van der Waals surface area contributed by atoms with Crippen molar-refractivity contribution in [3.63, 3.8) is 0 Å². The second-order valence-corrected chi connectivity index (χ2v) is 6.93. The second kappa shape index (κ2) is 7.05. The van der Waals surface area contributed by atoms with Gasteiger partial charge in [-0.25, -0.2) is 0 Å². The third kappa shape index (κ3) is 5.80. The minimum absolute atomic E-state index is 0.511. The Morgan fingerprint density at radius 3 is 1.47 bits per heavy atom. The minimum atomic E-state index is 0.511. The minimum Gasteiger partial charge on any atom is -0.381 e. The van der Waals surface area contributed by atoms with Crippen LogP contribution in [0, 0.1) is 23.7 Å². The van der Waals surface area contributed by atoms with E-state index in [9.17, 15) is 0 Å². The Morgan fingerprint density at radius 2 is 1.21 bits per heavy atom. The fraction of sp³-hybridized carbons (Fsp3) is 1.00. The highest BCUT2D eigenvalue weighted by molar-refractivity contribution is 4.77. The molecule has 2 fully saturated rings. The maximum Gasteiger partial charge on any atom is 0.0813 e. The van der Waals surface area contributed by atoms with Crippen molar-refractivity contribution in [2.24, 2.45) is 23.7 Å². The molecule has 0 aliphatic carbocycles. The first-order valence-corrected chi connectivity index (χ1v) is 7.87. The van der Waals surface area contributed by atoms with Gasteiger partial charge in [0.25, 0.3) is 0 Å². The van der Waals surface area contributed by atoms with E-state index < -0.39 is 0 Å². The molecule has 0 N–H and O–H groups in total. The Morgan fingerprint density at radius 1 is 0.842 bits per heavy atom. The van der Waals surface area contributed by atoms with Gasteiger partial charge in [0.05, 0.1) is 25.4 Å². The van der Waals surface area contributed by atoms with E-state index in [1.807, 2.05) is 0 Å². The quantitative estimate of drug-likeness (QED) is 0.572. The number of epoxide rings is 2. The summed E-state index contributed by atoms with van der Waals surface area (Å²) in [6.45, 7) is 12.8. The molecule has 2 aliphatic heterocycles. The average Bonchev–Trinajstić information content (AvgIpc) is 3.21. The SMILES string of the molecule is CC(C)C(COCC(CC1CO1)C(C)C)CC1CO1. The van der Waals surface area contributed by atoms with Crippen molar-refractivity contribution >= 4 is 0 Å². The van der Waals surface area contributed by atoms with Gasteiger partial charge in [0.15, 0.2) is 0 Å². The van der Waals surface area contributed by atoms with Crippen molar-refractivity contribution in [2.45, 2.75) is 52.7 Å². The molecule has 0 bridgehead atoms. The van der Waals surface area contributed by atoms with Gasteiger partial charge >= 0.3 is 0 Å². The summed E-state index contributed by atoms with van der Waals surface area (Å²) >= 11 is 0. The van der Waals surface area contributed by atoms with Crippen molar-refractivity contribution in [1.29, 1.82) is 0 Å². The van der Waals surface area contributed by atoms with Crippen molar-refractivity contribution in [3.05, 3.63) is 0 Å². The zero-order valence-electron chi connectivity index (χ0n) is 12.9. The monoisotopic (exact) mass is 270 g/mol. The van der Waals surface area contributed by atoms with Gasteiger partial charge in [-0.3, -0.25) is 0 Å². The second-order valence-electron chi connectivity index (χ2n) is 6.93. The summed E-state index contributed by atoms with van der Waals surface area (Å²) in [6.07, 6.45) is 3.35. The molecular formula is C16H30O3. The lowest BCUT2D eigenvalue weighted by atomic mass is 9.91. The molecule has 0 spiro atoms. The molecule has 0 aromatic heterocycles. The fourth-order valence-corrected chi connectivity index (χ4v) is 2.52. The van der Waals surface area contributed by atoms with Crippen LogP contribution in [0.5, 0.6) is 0 Å². The van der Waals surface area contributed by atoms with E-state index in [-0.39, 0.29) is 0 Å². The molecule has 2 rings (SSSR count). The predicted molar refractivity (Wildman–Crippen MR) is 76.2 cm³/mol. The summed E-state index contributed by atoms with van der Waals surface area (Å²) < 4.78 is 16.7. The molecule has 2 saturated heterocycles. The van der Waals surface area contributed by atoms with E-state index >= 15 is 0 Å². The zero-order chi connectivity index (χ0) is 13.8. The lowest BCUT2D eigenvalue weighted by molar-refractivity contribution is 0.0376. The molecule has 0 aromatic rings. The molecular weight excluding hydrogens is 240 g/mol. The number of ether oxygens (including phenoxy) is 3. The van der Waals surface area contributed by atoms with Crippen molar-refractivity contribution < 1.29 is 14.2 Å². The largest absolute Gasteiger partial charge is 0.381 e. The van der Waals surface area contributed by atoms with Gasteiger partial charge in [-0.2, -0.15) is 0 Å². The standard InChI is InChI=1S/C16H30O3/c1-11(2)13(5-15-9-18-15)7-17-8-14(12(3)4)6-16-10-19-16/h11-16H,5-10H2,1-4H3. The van der Waals surface area contributed by atoms with Crippen LogP contribution in [0.1, 0.15) is 40.5 Å². The first kappa shape index (κ1) is 15.3. The molecule has 0 radical (unpaired) electrons. The zero-order valence-corrected chi connectivity index (χ0v) is 12.9. The summed E-state index contributed by atoms with van der Waals surface area (Å²) in [5.74, 6) is 2.62. The van der Waals surface area contributed by atoms with Gasteiger partial charge in [-0.15, -0.1) is 0 Å². The summed E-state index contributed by atoms with van der Waals surface area (Å²) in [6, 6.07) is 0. The van der Waals surface area contributed by atoms with Gasteiger partial charge in [0.1, 0.15) is 0 Å². The van der Waals surface area contributed by atoms with Gasteiger partial charge in [0.2, 0.25) is 0 Å². The molecule has 3 heteroatoms. The summed E-state index contributed by atoms with van der Waals surface area (Å²) in [5.41, 5.74) is 0. The van der Waals surface area contributed by atoms with Gasteiger partial charge in [-0.05, 0) is 36.5 Å². The van der Waals surface area contributed by atoms with E-state index in [1.54, 1.807) is 0 Å². The van der Waals surface area contributed by atoms with E-state index in [0.29, 0.717) is 35.9 Å². The first-order valence-electron chi connectivity index (χ1n) is 7.87. The maximum atomic E-state index is 6.03. The van der Waals surface area contributed by atoms with E-state index in [0.717, 1.165) is 39.3 Å². The topological polar surface area (TPSA) is 34.3 Å². The summed E-state index contributed by atoms with van der Waals surface area (Å²) in [5, 5.41) is 0. The van der Waals surface area contributed by atoms with Crippen LogP contribution in [0.2, 0.25) is 0 Å². The van der Waals surface area contributed by atoms with Crippen LogP contribution in [0.25, 0.3) is 0 Å². The number of hydrogen-bond acceptors (Lipinski definition) is 3. The third-order valence-corrected chi connectivity index (χ3v) is 4.49. The van der Waals surface area contributed by atoms with Crippen LogP contribution < -0.4 is 0 Å². The van der Waals surface area contributed by atoms with E-state index in [1.165, 1.54) is 0 Å². The van der Waals surface area contributed by atoms with Gasteiger partial charge in [-0.1, -0.05) is 27.7 Å². The van der Waals surface area contributed by atoms with Crippen molar-refractivity contribution in [1.82, 2.24) is 0 Å². The highest BCUT2D eigenvalue weighted by atomic mass is 16.6. The van der Waals surface area contributed by atoms with Crippen LogP contribution in [0.3, 0.4) is 0 Å². The number of rotatable bonds is 10. The predicted octanol–water partition coefficient (Wildman–Crippen LogP) is 3.13. The average molecular weight is 270 g/mol. The molecule has 2 heterocycles. The summed E-state index contributed by atoms with van der Waals surface area (Å²) in [4.78, 5) is 0. The fourth-order valence-electron chi connectivity index (χ4n) is 2.52. The Hall–Kier alpha value is -0.120. The van der Waals surface area contributed by atoms with Crippen LogP contribution >= 0.6 is 0 Å². The van der Waals surface area contributed by atoms with Crippen LogP contribution in [0.4, 0.5) is 0 Å². The molecule has 112 valence electrons. The lowest BCUT2D eigenvalue weighted by Gasteiger charge is -2.24. The molecule has 4 unspecified atom stereocenters. The highest BCUT2D eigenvalue weighted by Gasteiger charge is 2.30. The van der Waals surface area contributed by atoms with Gasteiger partial charge in [0, 0.05) is 13.2 Å². The first-order chi connectivity index (χ1) is 9.06. The van der Waals surface area contributed by atoms with Gasteiger partial charge < -0.3 is 14.2 Å². The number of hydrogen-bond donors (Lipinski definition) is 0. The Bertz CT molecular complexity index is 231. The third-order valence-electron chi connectivity index (χ3n) is 4.49. The van der Waals surface area contributed by atoms with Crippen LogP contribution in [-0.4, -0.2) is 38.6 Å². The van der Waals surface area contributed by atoms with Crippen molar-refractivity contribution in [2.75, 3.05) is 26.4 Å². The smallest absolute Gasteiger partial charge is 0.0813 e. The Labute approximate surface area is 118 Å².